The maximum Gasteiger partial charge on any atom is 0.305 e. The fourth-order valence-electron chi connectivity index (χ4n) is 7.20. The van der Waals surface area contributed by atoms with E-state index in [0.717, 1.165) is 22.0 Å². The van der Waals surface area contributed by atoms with Gasteiger partial charge in [-0.25, -0.2) is 0 Å². The maximum atomic E-state index is 13.7. The zero-order chi connectivity index (χ0) is 24.0. The number of imide groups is 1. The lowest BCUT2D eigenvalue weighted by Crippen LogP contribution is -2.42. The molecule has 3 heterocycles. The number of benzene rings is 2. The van der Waals surface area contributed by atoms with Crippen molar-refractivity contribution in [2.24, 2.45) is 29.6 Å². The number of para-hydroxylation sites is 1. The number of hydrogen-bond acceptors (Lipinski definition) is 6. The van der Waals surface area contributed by atoms with Gasteiger partial charge >= 0.3 is 4.87 Å². The largest absolute Gasteiger partial charge is 0.378 e. The van der Waals surface area contributed by atoms with Crippen LogP contribution in [0.1, 0.15) is 22.8 Å². The lowest BCUT2D eigenvalue weighted by Gasteiger charge is -2.43. The Kier molecular flexibility index (Phi) is 4.64. The number of carbonyl (C=O) groups is 2. The number of fused-ring (bicyclic) bond motifs is 9. The van der Waals surface area contributed by atoms with E-state index in [4.69, 9.17) is 0 Å². The van der Waals surface area contributed by atoms with Crippen LogP contribution in [-0.2, 0) is 9.59 Å². The van der Waals surface area contributed by atoms with Crippen LogP contribution in [0.3, 0.4) is 0 Å². The van der Waals surface area contributed by atoms with Crippen LogP contribution in [0.2, 0.25) is 0 Å². The molecule has 0 radical (unpaired) electrons. The number of thiazole rings is 1. The molecule has 2 aromatic carbocycles. The third kappa shape index (κ3) is 2.93. The molecule has 3 aromatic rings. The van der Waals surface area contributed by atoms with Crippen molar-refractivity contribution in [2.45, 2.75) is 22.6 Å². The molecule has 4 aliphatic rings. The van der Waals surface area contributed by atoms with Gasteiger partial charge in [-0.15, -0.1) is 11.8 Å². The van der Waals surface area contributed by atoms with Gasteiger partial charge in [0, 0.05) is 35.8 Å². The number of rotatable bonds is 3. The third-order valence-corrected chi connectivity index (χ3v) is 11.1. The molecule has 6 nitrogen and oxygen atoms in total. The molecule has 178 valence electrons. The van der Waals surface area contributed by atoms with Crippen LogP contribution in [0, 0.1) is 29.6 Å². The Labute approximate surface area is 211 Å². The van der Waals surface area contributed by atoms with E-state index >= 15 is 0 Å². The van der Waals surface area contributed by atoms with E-state index in [1.54, 1.807) is 11.8 Å². The van der Waals surface area contributed by atoms with Crippen molar-refractivity contribution in [1.82, 2.24) is 4.98 Å². The van der Waals surface area contributed by atoms with E-state index in [-0.39, 0.29) is 57.4 Å². The zero-order valence-corrected chi connectivity index (χ0v) is 21.0. The Bertz CT molecular complexity index is 1400. The van der Waals surface area contributed by atoms with Gasteiger partial charge in [-0.2, -0.15) is 0 Å². The van der Waals surface area contributed by atoms with Gasteiger partial charge in [0.15, 0.2) is 0 Å². The Morgan fingerprint density at radius 1 is 0.914 bits per heavy atom. The first-order chi connectivity index (χ1) is 16.9. The number of amides is 2. The van der Waals surface area contributed by atoms with Crippen LogP contribution in [0.5, 0.6) is 0 Å². The molecule has 2 aliphatic heterocycles. The average Bonchev–Trinajstić information content (AvgIpc) is 3.58. The number of aromatic amines is 1. The number of hydrogen-bond donors (Lipinski definition) is 1. The van der Waals surface area contributed by atoms with Gasteiger partial charge in [0.1, 0.15) is 0 Å². The first kappa shape index (κ1) is 21.4. The maximum absolute atomic E-state index is 13.7. The quantitative estimate of drug-likeness (QED) is 0.543. The number of nitrogens with zero attached hydrogens (tertiary/aromatic N) is 2. The van der Waals surface area contributed by atoms with Crippen LogP contribution >= 0.6 is 23.1 Å². The summed E-state index contributed by atoms with van der Waals surface area (Å²) < 4.78 is 0. The lowest BCUT2D eigenvalue weighted by atomic mass is 9.68. The van der Waals surface area contributed by atoms with Crippen LogP contribution < -0.4 is 14.7 Å². The number of carbonyl (C=O) groups excluding carboxylic acids is 2. The number of H-pyrrole nitrogens is 1. The Morgan fingerprint density at radius 3 is 2.29 bits per heavy atom. The summed E-state index contributed by atoms with van der Waals surface area (Å²) in [5, 5.41) is 1.16. The second-order valence-electron chi connectivity index (χ2n) is 10.3. The van der Waals surface area contributed by atoms with Crippen LogP contribution in [-0.4, -0.2) is 36.1 Å². The molecular formula is C27H25N3O3S2. The fraction of sp³-hybridized carbons (Fsp3) is 0.370. The molecule has 2 saturated carbocycles. The van der Waals surface area contributed by atoms with Crippen molar-refractivity contribution in [3.8, 4) is 0 Å². The Balaban J connectivity index is 1.32. The van der Waals surface area contributed by atoms with Gasteiger partial charge in [0.25, 0.3) is 0 Å². The summed E-state index contributed by atoms with van der Waals surface area (Å²) in [4.78, 5) is 47.3. The number of aromatic nitrogens is 1. The minimum atomic E-state index is -0.268. The summed E-state index contributed by atoms with van der Waals surface area (Å²) in [6.07, 6.45) is 0.906. The molecule has 2 amide bonds. The van der Waals surface area contributed by atoms with E-state index in [0.29, 0.717) is 5.69 Å². The van der Waals surface area contributed by atoms with Crippen molar-refractivity contribution >= 4 is 46.3 Å². The van der Waals surface area contributed by atoms with Gasteiger partial charge in [0.2, 0.25) is 11.8 Å². The SMILES string of the molecule is CN(C)c1ccc([C@H]2c3sc(=O)[nH]c3S[C@@H]3[C@H]4C[C@@H]([C@@H]5C(=O)N(c6ccccc6)C(=O)[C@H]45)[C@@H]23)cc1. The van der Waals surface area contributed by atoms with Crippen LogP contribution in [0.15, 0.2) is 64.4 Å². The monoisotopic (exact) mass is 503 g/mol. The normalized spacial score (nSPS) is 32.5. The molecule has 1 N–H and O–H groups in total. The average molecular weight is 504 g/mol. The molecular weight excluding hydrogens is 478 g/mol. The minimum Gasteiger partial charge on any atom is -0.378 e. The first-order valence-corrected chi connectivity index (χ1v) is 13.7. The summed E-state index contributed by atoms with van der Waals surface area (Å²) in [5.41, 5.74) is 2.98. The molecule has 0 unspecified atom stereocenters. The highest BCUT2D eigenvalue weighted by Crippen LogP contribution is 2.68. The van der Waals surface area contributed by atoms with Crippen molar-refractivity contribution < 1.29 is 9.59 Å². The highest BCUT2D eigenvalue weighted by molar-refractivity contribution is 8.00. The molecule has 8 heteroatoms. The number of nitrogens with one attached hydrogen (secondary N) is 1. The Hall–Kier alpha value is -2.84. The second-order valence-corrected chi connectivity index (χ2v) is 12.5. The van der Waals surface area contributed by atoms with Crippen molar-refractivity contribution in [3.05, 3.63) is 74.7 Å². The zero-order valence-electron chi connectivity index (χ0n) is 19.4. The van der Waals surface area contributed by atoms with Crippen molar-refractivity contribution in [1.29, 1.82) is 0 Å². The van der Waals surface area contributed by atoms with E-state index in [1.165, 1.54) is 21.8 Å². The molecule has 7 atom stereocenters. The summed E-state index contributed by atoms with van der Waals surface area (Å²) in [5.74, 6) is -0.0580. The van der Waals surface area contributed by atoms with E-state index in [9.17, 15) is 14.4 Å². The third-order valence-electron chi connectivity index (χ3n) is 8.51. The van der Waals surface area contributed by atoms with Crippen molar-refractivity contribution in [2.75, 3.05) is 23.9 Å². The van der Waals surface area contributed by atoms with Gasteiger partial charge in [0.05, 0.1) is 22.5 Å². The smallest absolute Gasteiger partial charge is 0.305 e. The summed E-state index contributed by atoms with van der Waals surface area (Å²) in [6, 6.07) is 17.9. The first-order valence-electron chi connectivity index (χ1n) is 12.0. The predicted molar refractivity (Wildman–Crippen MR) is 138 cm³/mol. The van der Waals surface area contributed by atoms with Gasteiger partial charge in [-0.3, -0.25) is 19.3 Å². The molecule has 3 fully saturated rings. The summed E-state index contributed by atoms with van der Waals surface area (Å²) >= 11 is 3.03. The molecule has 2 bridgehead atoms. The summed E-state index contributed by atoms with van der Waals surface area (Å²) in [6.45, 7) is 0. The summed E-state index contributed by atoms with van der Waals surface area (Å²) in [7, 11) is 4.05. The Morgan fingerprint density at radius 2 is 1.60 bits per heavy atom. The molecule has 0 spiro atoms. The van der Waals surface area contributed by atoms with Gasteiger partial charge < -0.3 is 9.88 Å². The minimum absolute atomic E-state index is 0.0349. The molecule has 1 aromatic heterocycles. The number of anilines is 2. The highest BCUT2D eigenvalue weighted by Gasteiger charge is 2.69. The van der Waals surface area contributed by atoms with Crippen LogP contribution in [0.25, 0.3) is 0 Å². The topological polar surface area (TPSA) is 73.5 Å². The molecule has 7 rings (SSSR count). The van der Waals surface area contributed by atoms with Crippen LogP contribution in [0.4, 0.5) is 11.4 Å². The van der Waals surface area contributed by atoms with E-state index in [2.05, 4.69) is 34.1 Å². The van der Waals surface area contributed by atoms with Gasteiger partial charge in [-0.1, -0.05) is 41.7 Å². The van der Waals surface area contributed by atoms with Gasteiger partial charge in [-0.05, 0) is 54.0 Å². The standard InChI is InChI=1S/C27H25N3O3S2/c1-29(2)14-10-8-13(9-11-14)18-19-16-12-17(22(19)34-24-23(18)35-27(33)28-24)21-20(16)25(31)30(26(21)32)15-6-4-3-5-7-15/h3-11,16-22H,12H2,1-2H3,(H,28,33)/t16-,17+,18-,19+,20+,21-,22-/m1/s1. The molecule has 2 aliphatic carbocycles. The lowest BCUT2D eigenvalue weighted by molar-refractivity contribution is -0.123. The fourth-order valence-corrected chi connectivity index (χ4v) is 10.1. The molecule has 1 saturated heterocycles. The highest BCUT2D eigenvalue weighted by atomic mass is 32.2. The number of thioether (sulfide) groups is 1. The second kappa shape index (κ2) is 7.58. The molecule has 35 heavy (non-hydrogen) atoms. The van der Waals surface area contributed by atoms with Crippen molar-refractivity contribution in [3.63, 3.8) is 0 Å². The van der Waals surface area contributed by atoms with E-state index in [1.807, 2.05) is 44.4 Å². The predicted octanol–water partition coefficient (Wildman–Crippen LogP) is 4.18. The van der Waals surface area contributed by atoms with E-state index < -0.39 is 0 Å².